The number of rotatable bonds is 3. The zero-order chi connectivity index (χ0) is 14.7. The molecule has 0 aliphatic carbocycles. The minimum atomic E-state index is 0.133. The van der Waals surface area contributed by atoms with Gasteiger partial charge in [0, 0.05) is 34.9 Å². The van der Waals surface area contributed by atoms with Crippen molar-refractivity contribution in [3.63, 3.8) is 0 Å². The summed E-state index contributed by atoms with van der Waals surface area (Å²) in [6.07, 6.45) is 2.23. The van der Waals surface area contributed by atoms with Crippen molar-refractivity contribution in [2.75, 3.05) is 31.6 Å². The largest absolute Gasteiger partial charge is 0.384 e. The second kappa shape index (κ2) is 6.59. The normalized spacial score (nSPS) is 20.8. The second-order valence-electron chi connectivity index (χ2n) is 5.45. The summed E-state index contributed by atoms with van der Waals surface area (Å²) in [5.41, 5.74) is 7.68. The van der Waals surface area contributed by atoms with Crippen molar-refractivity contribution in [3.05, 3.63) is 28.2 Å². The highest BCUT2D eigenvalue weighted by atomic mass is 79.9. The van der Waals surface area contributed by atoms with Crippen molar-refractivity contribution >= 4 is 27.5 Å². The van der Waals surface area contributed by atoms with Crippen LogP contribution in [0.4, 0.5) is 5.69 Å². The number of hydrogen-bond acceptors (Lipinski definition) is 3. The Kier molecular flexibility index (Phi) is 5.05. The Morgan fingerprint density at radius 3 is 2.85 bits per heavy atom. The summed E-state index contributed by atoms with van der Waals surface area (Å²) in [6, 6.07) is 6.53. The molecule has 1 aromatic rings. The van der Waals surface area contributed by atoms with Gasteiger partial charge >= 0.3 is 0 Å². The third kappa shape index (κ3) is 3.33. The van der Waals surface area contributed by atoms with Crippen molar-refractivity contribution in [2.24, 2.45) is 5.73 Å². The van der Waals surface area contributed by atoms with Crippen LogP contribution in [-0.4, -0.2) is 43.5 Å². The predicted molar refractivity (Wildman–Crippen MR) is 88.7 cm³/mol. The third-order valence-electron chi connectivity index (χ3n) is 3.93. The van der Waals surface area contributed by atoms with Gasteiger partial charge in [-0.3, -0.25) is 5.41 Å². The standard InChI is InChI=1S/C15H23BrN4/c1-3-12-10-19(2)7-4-8-20(12)14-6-5-11(16)9-13(14)15(17)18/h5-6,9,12H,3-4,7-8,10H2,1-2H3,(H3,17,18). The Balaban J connectivity index is 2.39. The van der Waals surface area contributed by atoms with Gasteiger partial charge in [-0.15, -0.1) is 0 Å². The highest BCUT2D eigenvalue weighted by Crippen LogP contribution is 2.28. The Bertz CT molecular complexity index is 489. The molecule has 0 aromatic heterocycles. The summed E-state index contributed by atoms with van der Waals surface area (Å²) < 4.78 is 0.964. The van der Waals surface area contributed by atoms with Gasteiger partial charge in [0.1, 0.15) is 5.84 Å². The first-order valence-electron chi connectivity index (χ1n) is 7.12. The zero-order valence-electron chi connectivity index (χ0n) is 12.2. The van der Waals surface area contributed by atoms with Gasteiger partial charge in [0.2, 0.25) is 0 Å². The molecule has 5 heteroatoms. The first kappa shape index (κ1) is 15.3. The third-order valence-corrected chi connectivity index (χ3v) is 4.42. The molecule has 1 atom stereocenters. The number of nitrogens with one attached hydrogen (secondary N) is 1. The first-order valence-corrected chi connectivity index (χ1v) is 7.91. The van der Waals surface area contributed by atoms with E-state index in [1.54, 1.807) is 0 Å². The van der Waals surface area contributed by atoms with Crippen LogP contribution in [0.3, 0.4) is 0 Å². The molecule has 0 spiro atoms. The fraction of sp³-hybridized carbons (Fsp3) is 0.533. The van der Waals surface area contributed by atoms with E-state index in [0.29, 0.717) is 6.04 Å². The molecule has 110 valence electrons. The van der Waals surface area contributed by atoms with Gasteiger partial charge in [-0.1, -0.05) is 22.9 Å². The van der Waals surface area contributed by atoms with E-state index in [2.05, 4.69) is 45.8 Å². The molecule has 4 nitrogen and oxygen atoms in total. The number of amidine groups is 1. The molecule has 1 aliphatic rings. The molecule has 1 fully saturated rings. The van der Waals surface area contributed by atoms with E-state index in [4.69, 9.17) is 11.1 Å². The predicted octanol–water partition coefficient (Wildman–Crippen LogP) is 2.65. The van der Waals surface area contributed by atoms with E-state index in [-0.39, 0.29) is 5.84 Å². The fourth-order valence-electron chi connectivity index (χ4n) is 2.88. The number of benzene rings is 1. The number of likely N-dealkylation sites (N-methyl/N-ethyl adjacent to an activating group) is 1. The zero-order valence-corrected chi connectivity index (χ0v) is 13.8. The van der Waals surface area contributed by atoms with Gasteiger partial charge in [-0.25, -0.2) is 0 Å². The second-order valence-corrected chi connectivity index (χ2v) is 6.36. The average molecular weight is 339 g/mol. The van der Waals surface area contributed by atoms with Crippen molar-refractivity contribution in [1.29, 1.82) is 5.41 Å². The lowest BCUT2D eigenvalue weighted by Crippen LogP contribution is -2.40. The van der Waals surface area contributed by atoms with Crippen LogP contribution in [0.1, 0.15) is 25.3 Å². The minimum absolute atomic E-state index is 0.133. The van der Waals surface area contributed by atoms with Crippen molar-refractivity contribution < 1.29 is 0 Å². The van der Waals surface area contributed by atoms with E-state index in [1.165, 1.54) is 0 Å². The lowest BCUT2D eigenvalue weighted by molar-refractivity contribution is 0.328. The molecular formula is C15H23BrN4. The maximum Gasteiger partial charge on any atom is 0.124 e. The van der Waals surface area contributed by atoms with E-state index in [9.17, 15) is 0 Å². The number of halogens is 1. The maximum atomic E-state index is 7.83. The summed E-state index contributed by atoms with van der Waals surface area (Å²) in [4.78, 5) is 4.81. The number of nitrogen functional groups attached to an aromatic ring is 1. The molecule has 1 aliphatic heterocycles. The number of anilines is 1. The summed E-state index contributed by atoms with van der Waals surface area (Å²) >= 11 is 3.47. The van der Waals surface area contributed by atoms with Gasteiger partial charge in [-0.05, 0) is 44.6 Å². The van der Waals surface area contributed by atoms with Gasteiger partial charge in [0.05, 0.1) is 0 Å². The Labute approximate surface area is 129 Å². The van der Waals surface area contributed by atoms with Crippen LogP contribution in [-0.2, 0) is 0 Å². The van der Waals surface area contributed by atoms with Crippen LogP contribution in [0.15, 0.2) is 22.7 Å². The monoisotopic (exact) mass is 338 g/mol. The molecule has 1 unspecified atom stereocenters. The van der Waals surface area contributed by atoms with Gasteiger partial charge < -0.3 is 15.5 Å². The van der Waals surface area contributed by atoms with Crippen LogP contribution in [0.25, 0.3) is 0 Å². The van der Waals surface area contributed by atoms with Crippen molar-refractivity contribution in [2.45, 2.75) is 25.8 Å². The van der Waals surface area contributed by atoms with Gasteiger partial charge in [-0.2, -0.15) is 0 Å². The Hall–Kier alpha value is -1.07. The first-order chi connectivity index (χ1) is 9.52. The average Bonchev–Trinajstić information content (AvgIpc) is 2.60. The molecule has 1 aromatic carbocycles. The van der Waals surface area contributed by atoms with Crippen LogP contribution >= 0.6 is 15.9 Å². The van der Waals surface area contributed by atoms with Crippen LogP contribution in [0, 0.1) is 5.41 Å². The molecule has 1 heterocycles. The summed E-state index contributed by atoms with van der Waals surface area (Å²) in [5.74, 6) is 0.133. The molecule has 20 heavy (non-hydrogen) atoms. The summed E-state index contributed by atoms with van der Waals surface area (Å²) in [6.45, 7) is 5.43. The Morgan fingerprint density at radius 1 is 1.45 bits per heavy atom. The van der Waals surface area contributed by atoms with E-state index >= 15 is 0 Å². The molecule has 0 radical (unpaired) electrons. The summed E-state index contributed by atoms with van der Waals surface area (Å²) in [7, 11) is 2.18. The molecule has 0 amide bonds. The molecule has 0 bridgehead atoms. The van der Waals surface area contributed by atoms with E-state index < -0.39 is 0 Å². The SMILES string of the molecule is CCC1CN(C)CCCN1c1ccc(Br)cc1C(=N)N. The van der Waals surface area contributed by atoms with Gasteiger partial charge in [0.25, 0.3) is 0 Å². The Morgan fingerprint density at radius 2 is 2.20 bits per heavy atom. The highest BCUT2D eigenvalue weighted by molar-refractivity contribution is 9.10. The lowest BCUT2D eigenvalue weighted by Gasteiger charge is -2.33. The van der Waals surface area contributed by atoms with Crippen LogP contribution in [0.2, 0.25) is 0 Å². The molecule has 0 saturated carbocycles. The van der Waals surface area contributed by atoms with Crippen molar-refractivity contribution in [1.82, 2.24) is 4.90 Å². The number of hydrogen-bond donors (Lipinski definition) is 2. The minimum Gasteiger partial charge on any atom is -0.384 e. The maximum absolute atomic E-state index is 7.83. The molecule has 2 rings (SSSR count). The molecule has 1 saturated heterocycles. The lowest BCUT2D eigenvalue weighted by atomic mass is 10.1. The van der Waals surface area contributed by atoms with Crippen LogP contribution in [0.5, 0.6) is 0 Å². The number of nitrogens with two attached hydrogens (primary N) is 1. The molecule has 3 N–H and O–H groups in total. The fourth-order valence-corrected chi connectivity index (χ4v) is 3.25. The topological polar surface area (TPSA) is 56.4 Å². The summed E-state index contributed by atoms with van der Waals surface area (Å²) in [5, 5.41) is 7.83. The van der Waals surface area contributed by atoms with Crippen molar-refractivity contribution in [3.8, 4) is 0 Å². The highest BCUT2D eigenvalue weighted by Gasteiger charge is 2.24. The smallest absolute Gasteiger partial charge is 0.124 e. The van der Waals surface area contributed by atoms with E-state index in [1.807, 2.05) is 12.1 Å². The van der Waals surface area contributed by atoms with Gasteiger partial charge in [0.15, 0.2) is 0 Å². The van der Waals surface area contributed by atoms with Crippen LogP contribution < -0.4 is 10.6 Å². The molecular weight excluding hydrogens is 316 g/mol. The number of nitrogens with zero attached hydrogens (tertiary/aromatic N) is 2. The van der Waals surface area contributed by atoms with E-state index in [0.717, 1.165) is 48.2 Å². The quantitative estimate of drug-likeness (QED) is 0.658.